The monoisotopic (exact) mass is 382 g/mol. The number of hydrogen-bond donors (Lipinski definition) is 0. The second kappa shape index (κ2) is 7.88. The summed E-state index contributed by atoms with van der Waals surface area (Å²) >= 11 is 1.41. The van der Waals surface area contributed by atoms with E-state index in [0.717, 1.165) is 26.9 Å². The van der Waals surface area contributed by atoms with E-state index in [4.69, 9.17) is 4.74 Å². The van der Waals surface area contributed by atoms with Crippen molar-refractivity contribution < 1.29 is 14.3 Å². The highest BCUT2D eigenvalue weighted by Gasteiger charge is 2.14. The Morgan fingerprint density at radius 2 is 1.78 bits per heavy atom. The van der Waals surface area contributed by atoms with E-state index in [1.807, 2.05) is 39.0 Å². The number of amides is 1. The van der Waals surface area contributed by atoms with Gasteiger partial charge in [0, 0.05) is 5.56 Å². The maximum absolute atomic E-state index is 12.6. The fourth-order valence-corrected chi connectivity index (χ4v) is 4.01. The maximum Gasteiger partial charge on any atom is 0.326 e. The average Bonchev–Trinajstić information content (AvgIpc) is 2.93. The van der Waals surface area contributed by atoms with Crippen molar-refractivity contribution in [3.63, 3.8) is 0 Å². The number of carbonyl (C=O) groups is 2. The average molecular weight is 382 g/mol. The molecule has 0 saturated carbocycles. The molecule has 1 heterocycles. The van der Waals surface area contributed by atoms with E-state index in [0.29, 0.717) is 17.0 Å². The Hall–Kier alpha value is -2.73. The van der Waals surface area contributed by atoms with Gasteiger partial charge in [-0.25, -0.2) is 0 Å². The number of fused-ring (bicyclic) bond motifs is 1. The summed E-state index contributed by atoms with van der Waals surface area (Å²) in [6.45, 7) is 8.11. The van der Waals surface area contributed by atoms with Crippen LogP contribution in [0.5, 0.6) is 0 Å². The van der Waals surface area contributed by atoms with Crippen molar-refractivity contribution in [1.82, 2.24) is 4.57 Å². The van der Waals surface area contributed by atoms with Gasteiger partial charge >= 0.3 is 5.97 Å². The SMILES string of the molecule is CCOC(=O)Cn1c(=NC(=O)c2ccc(C)cc2)sc2c(C)cc(C)cc21. The molecule has 5 nitrogen and oxygen atoms in total. The van der Waals surface area contributed by atoms with Crippen molar-refractivity contribution in [3.05, 3.63) is 63.5 Å². The molecule has 27 heavy (non-hydrogen) atoms. The summed E-state index contributed by atoms with van der Waals surface area (Å²) < 4.78 is 7.88. The molecule has 0 aliphatic carbocycles. The third-order valence-electron chi connectivity index (χ3n) is 4.20. The van der Waals surface area contributed by atoms with E-state index in [-0.39, 0.29) is 18.4 Å². The quantitative estimate of drug-likeness (QED) is 0.642. The highest BCUT2D eigenvalue weighted by atomic mass is 32.1. The Morgan fingerprint density at radius 3 is 2.44 bits per heavy atom. The first kappa shape index (κ1) is 19.0. The summed E-state index contributed by atoms with van der Waals surface area (Å²) in [5.74, 6) is -0.672. The molecule has 3 aromatic rings. The fraction of sp³-hybridized carbons (Fsp3) is 0.286. The lowest BCUT2D eigenvalue weighted by atomic mass is 10.1. The first-order valence-electron chi connectivity index (χ1n) is 8.81. The Labute approximate surface area is 161 Å². The van der Waals surface area contributed by atoms with Crippen LogP contribution in [0, 0.1) is 20.8 Å². The summed E-state index contributed by atoms with van der Waals surface area (Å²) in [7, 11) is 0. The molecular weight excluding hydrogens is 360 g/mol. The number of aryl methyl sites for hydroxylation is 3. The molecule has 0 bridgehead atoms. The number of ether oxygens (including phenoxy) is 1. The van der Waals surface area contributed by atoms with E-state index in [1.165, 1.54) is 11.3 Å². The first-order valence-corrected chi connectivity index (χ1v) is 9.62. The summed E-state index contributed by atoms with van der Waals surface area (Å²) in [6, 6.07) is 11.4. The number of carbonyl (C=O) groups excluding carboxylic acids is 2. The lowest BCUT2D eigenvalue weighted by molar-refractivity contribution is -0.143. The molecule has 6 heteroatoms. The van der Waals surface area contributed by atoms with Crippen molar-refractivity contribution in [2.75, 3.05) is 6.61 Å². The summed E-state index contributed by atoms with van der Waals surface area (Å²) in [5.41, 5.74) is 4.68. The van der Waals surface area contributed by atoms with Gasteiger partial charge in [-0.3, -0.25) is 9.59 Å². The molecule has 0 aliphatic rings. The lowest BCUT2D eigenvalue weighted by Gasteiger charge is -2.06. The minimum Gasteiger partial charge on any atom is -0.465 e. The molecule has 0 spiro atoms. The van der Waals surface area contributed by atoms with Crippen LogP contribution in [0.25, 0.3) is 10.2 Å². The highest BCUT2D eigenvalue weighted by Crippen LogP contribution is 2.23. The highest BCUT2D eigenvalue weighted by molar-refractivity contribution is 7.16. The largest absolute Gasteiger partial charge is 0.465 e. The molecule has 0 saturated heterocycles. The van der Waals surface area contributed by atoms with Gasteiger partial charge in [0.05, 0.1) is 16.8 Å². The Bertz CT molecular complexity index is 1080. The van der Waals surface area contributed by atoms with E-state index < -0.39 is 0 Å². The number of esters is 1. The zero-order valence-electron chi connectivity index (χ0n) is 15.9. The van der Waals surface area contributed by atoms with E-state index in [9.17, 15) is 9.59 Å². The molecule has 3 rings (SSSR count). The number of hydrogen-bond acceptors (Lipinski definition) is 4. The summed E-state index contributed by atoms with van der Waals surface area (Å²) in [4.78, 5) is 29.5. The minimum atomic E-state index is -0.347. The van der Waals surface area contributed by atoms with Crippen LogP contribution in [0.3, 0.4) is 0 Å². The van der Waals surface area contributed by atoms with Gasteiger partial charge in [0.2, 0.25) is 0 Å². The molecule has 0 radical (unpaired) electrons. The van der Waals surface area contributed by atoms with Gasteiger partial charge in [-0.1, -0.05) is 35.1 Å². The van der Waals surface area contributed by atoms with Crippen molar-refractivity contribution in [2.24, 2.45) is 4.99 Å². The molecule has 0 aliphatic heterocycles. The van der Waals surface area contributed by atoms with Crippen molar-refractivity contribution in [2.45, 2.75) is 34.2 Å². The predicted molar refractivity (Wildman–Crippen MR) is 107 cm³/mol. The van der Waals surface area contributed by atoms with Gasteiger partial charge in [-0.2, -0.15) is 4.99 Å². The standard InChI is InChI=1S/C21H22N2O3S/c1-5-26-18(24)12-23-17-11-14(3)10-15(4)19(17)27-21(23)22-20(25)16-8-6-13(2)7-9-16/h6-11H,5,12H2,1-4H3. The Kier molecular flexibility index (Phi) is 5.56. The maximum atomic E-state index is 12.6. The summed E-state index contributed by atoms with van der Waals surface area (Å²) in [6.07, 6.45) is 0. The third-order valence-corrected chi connectivity index (χ3v) is 5.43. The Balaban J connectivity index is 2.15. The molecule has 0 N–H and O–H groups in total. The first-order chi connectivity index (χ1) is 12.9. The molecular formula is C21H22N2O3S. The zero-order valence-corrected chi connectivity index (χ0v) is 16.7. The smallest absolute Gasteiger partial charge is 0.326 e. The van der Waals surface area contributed by atoms with Crippen LogP contribution in [0.4, 0.5) is 0 Å². The summed E-state index contributed by atoms with van der Waals surface area (Å²) in [5, 5.41) is 0. The second-order valence-electron chi connectivity index (χ2n) is 6.49. The molecule has 2 aromatic carbocycles. The minimum absolute atomic E-state index is 0.0245. The van der Waals surface area contributed by atoms with Crippen LogP contribution in [-0.4, -0.2) is 23.1 Å². The number of benzene rings is 2. The zero-order chi connectivity index (χ0) is 19.6. The normalized spacial score (nSPS) is 11.8. The molecule has 0 atom stereocenters. The van der Waals surface area contributed by atoms with Gasteiger partial charge in [-0.05, 0) is 57.0 Å². The molecule has 140 valence electrons. The van der Waals surface area contributed by atoms with E-state index in [2.05, 4.69) is 11.1 Å². The predicted octanol–water partition coefficient (Wildman–Crippen LogP) is 3.93. The van der Waals surface area contributed by atoms with Crippen molar-refractivity contribution in [1.29, 1.82) is 0 Å². The van der Waals surface area contributed by atoms with Gasteiger partial charge < -0.3 is 9.30 Å². The van der Waals surface area contributed by atoms with Gasteiger partial charge in [0.25, 0.3) is 5.91 Å². The van der Waals surface area contributed by atoms with Crippen molar-refractivity contribution >= 4 is 33.4 Å². The third kappa shape index (κ3) is 4.17. The van der Waals surface area contributed by atoms with Crippen LogP contribution in [-0.2, 0) is 16.1 Å². The topological polar surface area (TPSA) is 60.7 Å². The number of rotatable bonds is 4. The van der Waals surface area contributed by atoms with Crippen LogP contribution in [0.15, 0.2) is 41.4 Å². The fourth-order valence-electron chi connectivity index (χ4n) is 2.93. The van der Waals surface area contributed by atoms with Crippen LogP contribution < -0.4 is 4.80 Å². The van der Waals surface area contributed by atoms with E-state index >= 15 is 0 Å². The van der Waals surface area contributed by atoms with Crippen LogP contribution >= 0.6 is 11.3 Å². The van der Waals surface area contributed by atoms with Gasteiger partial charge in [0.15, 0.2) is 4.80 Å². The Morgan fingerprint density at radius 1 is 1.07 bits per heavy atom. The van der Waals surface area contributed by atoms with Crippen LogP contribution in [0.1, 0.15) is 34.0 Å². The number of nitrogens with zero attached hydrogens (tertiary/aromatic N) is 2. The number of aromatic nitrogens is 1. The van der Waals surface area contributed by atoms with Crippen molar-refractivity contribution in [3.8, 4) is 0 Å². The van der Waals surface area contributed by atoms with Gasteiger partial charge in [0.1, 0.15) is 6.54 Å². The molecule has 1 aromatic heterocycles. The molecule has 0 fully saturated rings. The number of thiazole rings is 1. The van der Waals surface area contributed by atoms with E-state index in [1.54, 1.807) is 23.6 Å². The molecule has 1 amide bonds. The van der Waals surface area contributed by atoms with Crippen LogP contribution in [0.2, 0.25) is 0 Å². The van der Waals surface area contributed by atoms with Gasteiger partial charge in [-0.15, -0.1) is 0 Å². The molecule has 0 unspecified atom stereocenters. The lowest BCUT2D eigenvalue weighted by Crippen LogP contribution is -2.23. The second-order valence-corrected chi connectivity index (χ2v) is 7.47.